The highest BCUT2D eigenvalue weighted by molar-refractivity contribution is 5.86. The molecule has 3 heteroatoms. The quantitative estimate of drug-likeness (QED) is 0.486. The maximum absolute atomic E-state index is 13.1. The molecule has 2 aliphatic rings. The summed E-state index contributed by atoms with van der Waals surface area (Å²) in [5, 5.41) is 0. The van der Waals surface area contributed by atoms with Gasteiger partial charge >= 0.3 is 5.97 Å². The molecule has 3 nitrogen and oxygen atoms in total. The van der Waals surface area contributed by atoms with E-state index >= 15 is 0 Å². The van der Waals surface area contributed by atoms with E-state index < -0.39 is 0 Å². The Kier molecular flexibility index (Phi) is 4.28. The van der Waals surface area contributed by atoms with Crippen LogP contribution in [0.2, 0.25) is 0 Å². The second-order valence-electron chi connectivity index (χ2n) is 8.61. The van der Waals surface area contributed by atoms with E-state index in [1.54, 1.807) is 0 Å². The molecule has 2 aliphatic carbocycles. The lowest BCUT2D eigenvalue weighted by Crippen LogP contribution is -2.14. The highest BCUT2D eigenvalue weighted by atomic mass is 16.5. The summed E-state index contributed by atoms with van der Waals surface area (Å²) in [5.74, 6) is 1.19. The van der Waals surface area contributed by atoms with Crippen LogP contribution in [0.5, 0.6) is 11.5 Å². The van der Waals surface area contributed by atoms with E-state index in [4.69, 9.17) is 9.47 Å². The molecule has 2 atom stereocenters. The minimum atomic E-state index is -0.251. The zero-order valence-electron chi connectivity index (χ0n) is 17.2. The second-order valence-corrected chi connectivity index (χ2v) is 8.61. The summed E-state index contributed by atoms with van der Waals surface area (Å²) in [4.78, 5) is 13.1. The normalized spacial score (nSPS) is 22.5. The lowest BCUT2D eigenvalue weighted by atomic mass is 9.90. The summed E-state index contributed by atoms with van der Waals surface area (Å²) in [7, 11) is 0. The molecule has 1 spiro atoms. The number of benzene rings is 3. The molecule has 1 saturated carbocycles. The smallest absolute Gasteiger partial charge is 0.311 e. The minimum Gasteiger partial charge on any atom is -0.461 e. The number of ether oxygens (including phenoxy) is 2. The molecule has 0 N–H and O–H groups in total. The number of fused-ring (bicyclic) bond motifs is 2. The summed E-state index contributed by atoms with van der Waals surface area (Å²) in [5.41, 5.74) is 2.93. The fourth-order valence-electron chi connectivity index (χ4n) is 4.98. The third-order valence-electron chi connectivity index (χ3n) is 6.59. The molecule has 150 valence electrons. The number of allylic oxidation sites excluding steroid dienone is 1. The van der Waals surface area contributed by atoms with Crippen LogP contribution in [0.25, 0.3) is 6.08 Å². The highest BCUT2D eigenvalue weighted by Crippen LogP contribution is 2.72. The van der Waals surface area contributed by atoms with Crippen LogP contribution >= 0.6 is 0 Å². The van der Waals surface area contributed by atoms with Crippen LogP contribution in [0.15, 0.2) is 84.9 Å². The zero-order chi connectivity index (χ0) is 20.8. The summed E-state index contributed by atoms with van der Waals surface area (Å²) in [6.07, 6.45) is 4.33. The van der Waals surface area contributed by atoms with Crippen molar-refractivity contribution in [1.82, 2.24) is 0 Å². The maximum atomic E-state index is 13.1. The lowest BCUT2D eigenvalue weighted by Gasteiger charge is -2.13. The van der Waals surface area contributed by atoms with Gasteiger partial charge in [-0.05, 0) is 46.4 Å². The molecule has 0 amide bonds. The molecule has 5 rings (SSSR count). The summed E-state index contributed by atoms with van der Waals surface area (Å²) in [6.45, 7) is 4.54. The predicted octanol–water partition coefficient (Wildman–Crippen LogP) is 6.14. The minimum absolute atomic E-state index is 0.143. The summed E-state index contributed by atoms with van der Waals surface area (Å²) >= 11 is 0. The average Bonchev–Trinajstić information content (AvgIpc) is 3.04. The average molecular weight is 396 g/mol. The van der Waals surface area contributed by atoms with Crippen LogP contribution in [0.3, 0.4) is 0 Å². The number of esters is 1. The summed E-state index contributed by atoms with van der Waals surface area (Å²) < 4.78 is 11.7. The van der Waals surface area contributed by atoms with Crippen LogP contribution in [0, 0.1) is 11.3 Å². The number of carbonyl (C=O) groups excluding carboxylic acids is 1. The molecule has 0 bridgehead atoms. The molecule has 0 radical (unpaired) electrons. The van der Waals surface area contributed by atoms with Crippen molar-refractivity contribution in [3.8, 4) is 11.5 Å². The fourth-order valence-corrected chi connectivity index (χ4v) is 4.98. The first-order valence-electron chi connectivity index (χ1n) is 10.3. The first-order chi connectivity index (χ1) is 14.5. The van der Waals surface area contributed by atoms with E-state index in [1.165, 1.54) is 11.1 Å². The van der Waals surface area contributed by atoms with Crippen LogP contribution in [0.1, 0.15) is 30.5 Å². The molecule has 3 aromatic carbocycles. The Labute approximate surface area is 177 Å². The van der Waals surface area contributed by atoms with E-state index in [9.17, 15) is 4.79 Å². The van der Waals surface area contributed by atoms with Crippen molar-refractivity contribution in [2.45, 2.75) is 25.9 Å². The molecule has 0 unspecified atom stereocenters. The second kappa shape index (κ2) is 6.88. The van der Waals surface area contributed by atoms with Gasteiger partial charge in [0.2, 0.25) is 0 Å². The van der Waals surface area contributed by atoms with Crippen molar-refractivity contribution in [2.75, 3.05) is 0 Å². The number of carbonyl (C=O) groups is 1. The van der Waals surface area contributed by atoms with Gasteiger partial charge in [0.15, 0.2) is 0 Å². The molecular weight excluding hydrogens is 372 g/mol. The number of hydrogen-bond acceptors (Lipinski definition) is 3. The highest BCUT2D eigenvalue weighted by Gasteiger charge is 2.75. The molecule has 0 aromatic heterocycles. The molecule has 0 heterocycles. The van der Waals surface area contributed by atoms with Gasteiger partial charge in [0.25, 0.3) is 0 Å². The lowest BCUT2D eigenvalue weighted by molar-refractivity contribution is -0.147. The Balaban J connectivity index is 1.29. The third-order valence-corrected chi connectivity index (χ3v) is 6.59. The molecule has 0 saturated heterocycles. The van der Waals surface area contributed by atoms with E-state index in [1.807, 2.05) is 66.7 Å². The standard InChI is InChI=1S/C27H24O3/c1-26(2)24(27(26)16-15-20-10-6-7-14-23(20)27)25(28)29-18-19-9-8-13-22(17-19)30-21-11-4-3-5-12-21/h3-17,24H,18H2,1-2H3/t24-,27+/m0/s1. The molecule has 1 fully saturated rings. The fraction of sp³-hybridized carbons (Fsp3) is 0.222. The van der Waals surface area contributed by atoms with Crippen LogP contribution < -0.4 is 4.74 Å². The van der Waals surface area contributed by atoms with E-state index in [0.717, 1.165) is 17.1 Å². The third kappa shape index (κ3) is 2.85. The van der Waals surface area contributed by atoms with Gasteiger partial charge in [-0.3, -0.25) is 4.79 Å². The topological polar surface area (TPSA) is 35.5 Å². The van der Waals surface area contributed by atoms with E-state index in [2.05, 4.69) is 38.1 Å². The van der Waals surface area contributed by atoms with E-state index in [-0.39, 0.29) is 29.3 Å². The first-order valence-corrected chi connectivity index (χ1v) is 10.3. The van der Waals surface area contributed by atoms with Gasteiger partial charge in [0.1, 0.15) is 18.1 Å². The molecule has 0 aliphatic heterocycles. The molecule has 30 heavy (non-hydrogen) atoms. The largest absolute Gasteiger partial charge is 0.461 e. The summed E-state index contributed by atoms with van der Waals surface area (Å²) in [6, 6.07) is 25.6. The molecule has 3 aromatic rings. The Morgan fingerprint density at radius 1 is 0.900 bits per heavy atom. The number of para-hydroxylation sites is 1. The van der Waals surface area contributed by atoms with Crippen molar-refractivity contribution < 1.29 is 14.3 Å². The van der Waals surface area contributed by atoms with E-state index in [0.29, 0.717) is 0 Å². The Hall–Kier alpha value is -3.33. The Morgan fingerprint density at radius 3 is 2.47 bits per heavy atom. The van der Waals surface area contributed by atoms with Crippen molar-refractivity contribution >= 4 is 12.0 Å². The Bertz CT molecular complexity index is 1130. The maximum Gasteiger partial charge on any atom is 0.311 e. The Morgan fingerprint density at radius 2 is 1.63 bits per heavy atom. The monoisotopic (exact) mass is 396 g/mol. The predicted molar refractivity (Wildman–Crippen MR) is 117 cm³/mol. The van der Waals surface area contributed by atoms with Crippen molar-refractivity contribution in [3.63, 3.8) is 0 Å². The SMILES string of the molecule is CC1(C)[C@H](C(=O)OCc2cccc(Oc3ccccc3)c2)[C@]12C=Cc1ccccc12. The van der Waals surface area contributed by atoms with Crippen molar-refractivity contribution in [2.24, 2.45) is 11.3 Å². The molecular formula is C27H24O3. The van der Waals surface area contributed by atoms with Crippen LogP contribution in [-0.2, 0) is 21.6 Å². The van der Waals surface area contributed by atoms with Crippen molar-refractivity contribution in [3.05, 3.63) is 102 Å². The first kappa shape index (κ1) is 18.7. The van der Waals surface area contributed by atoms with Gasteiger partial charge in [0.05, 0.1) is 5.92 Å². The van der Waals surface area contributed by atoms with Crippen LogP contribution in [0.4, 0.5) is 0 Å². The zero-order valence-corrected chi connectivity index (χ0v) is 17.2. The van der Waals surface area contributed by atoms with Gasteiger partial charge in [-0.25, -0.2) is 0 Å². The van der Waals surface area contributed by atoms with Gasteiger partial charge < -0.3 is 9.47 Å². The number of hydrogen-bond donors (Lipinski definition) is 0. The van der Waals surface area contributed by atoms with Crippen LogP contribution in [-0.4, -0.2) is 5.97 Å². The van der Waals surface area contributed by atoms with Crippen molar-refractivity contribution in [1.29, 1.82) is 0 Å². The van der Waals surface area contributed by atoms with Gasteiger partial charge in [-0.15, -0.1) is 0 Å². The van der Waals surface area contributed by atoms with Gasteiger partial charge in [0, 0.05) is 5.41 Å². The van der Waals surface area contributed by atoms with Gasteiger partial charge in [-0.1, -0.05) is 80.6 Å². The van der Waals surface area contributed by atoms with Gasteiger partial charge in [-0.2, -0.15) is 0 Å². The number of rotatable bonds is 5.